The third-order valence-electron chi connectivity index (χ3n) is 9.59. The van der Waals surface area contributed by atoms with Crippen LogP contribution in [0, 0.1) is 5.92 Å². The van der Waals surface area contributed by atoms with Gasteiger partial charge in [-0.1, -0.05) is 30.7 Å². The zero-order chi connectivity index (χ0) is 38.5. The number of epoxide rings is 1. The number of nitrogens with one attached hydrogen (secondary N) is 2. The molecule has 8 atom stereocenters. The molecule has 13 heteroatoms. The minimum absolute atomic E-state index is 0.0134. The predicted octanol–water partition coefficient (Wildman–Crippen LogP) is 5.18. The molecule has 0 saturated carbocycles. The van der Waals surface area contributed by atoms with Crippen LogP contribution in [-0.4, -0.2) is 89.9 Å². The fraction of sp³-hybridized carbons (Fsp3) is 0.575. The number of benzene rings is 1. The fourth-order valence-electron chi connectivity index (χ4n) is 6.55. The van der Waals surface area contributed by atoms with Gasteiger partial charge in [-0.3, -0.25) is 19.2 Å². The van der Waals surface area contributed by atoms with Crippen LogP contribution in [-0.2, 0) is 38.1 Å². The average molecular weight is 738 g/mol. The highest BCUT2D eigenvalue weighted by Gasteiger charge is 2.51. The Bertz CT molecular complexity index is 1550. The summed E-state index contributed by atoms with van der Waals surface area (Å²) in [5, 5.41) is 16.0. The van der Waals surface area contributed by atoms with E-state index in [1.807, 2.05) is 38.1 Å². The molecule has 0 aliphatic carbocycles. The molecule has 3 aliphatic rings. The van der Waals surface area contributed by atoms with Crippen molar-refractivity contribution in [2.45, 2.75) is 129 Å². The molecule has 1 spiro atoms. The van der Waals surface area contributed by atoms with Crippen molar-refractivity contribution in [1.82, 2.24) is 10.7 Å². The number of carbonyl (C=O) groups is 4. The lowest BCUT2D eigenvalue weighted by Crippen LogP contribution is -2.50. The highest BCUT2D eigenvalue weighted by molar-refractivity contribution is 5.99. The van der Waals surface area contributed by atoms with E-state index in [0.717, 1.165) is 30.4 Å². The zero-order valence-electron chi connectivity index (χ0n) is 31.7. The van der Waals surface area contributed by atoms with Gasteiger partial charge in [0.05, 0.1) is 61.4 Å². The van der Waals surface area contributed by atoms with Gasteiger partial charge < -0.3 is 34.1 Å². The summed E-state index contributed by atoms with van der Waals surface area (Å²) in [5.41, 5.74) is 4.93. The van der Waals surface area contributed by atoms with Gasteiger partial charge in [0, 0.05) is 32.3 Å². The van der Waals surface area contributed by atoms with E-state index >= 15 is 0 Å². The van der Waals surface area contributed by atoms with Crippen molar-refractivity contribution in [3.8, 4) is 5.75 Å². The predicted molar refractivity (Wildman–Crippen MR) is 198 cm³/mol. The van der Waals surface area contributed by atoms with Gasteiger partial charge in [0.1, 0.15) is 11.9 Å². The lowest BCUT2D eigenvalue weighted by atomic mass is 9.88. The zero-order valence-corrected chi connectivity index (χ0v) is 31.7. The lowest BCUT2D eigenvalue weighted by molar-refractivity contribution is -0.143. The summed E-state index contributed by atoms with van der Waals surface area (Å²) in [6.07, 6.45) is 11.6. The van der Waals surface area contributed by atoms with Gasteiger partial charge in [0.2, 0.25) is 11.8 Å². The Morgan fingerprint density at radius 1 is 1.08 bits per heavy atom. The highest BCUT2D eigenvalue weighted by Crippen LogP contribution is 2.43. The molecule has 1 aromatic rings. The summed E-state index contributed by atoms with van der Waals surface area (Å²) in [6.45, 7) is 12.0. The van der Waals surface area contributed by atoms with Gasteiger partial charge in [0.25, 0.3) is 0 Å². The second kappa shape index (κ2) is 19.7. The van der Waals surface area contributed by atoms with Crippen LogP contribution in [0.5, 0.6) is 5.75 Å². The van der Waals surface area contributed by atoms with E-state index in [9.17, 15) is 19.2 Å². The first-order chi connectivity index (χ1) is 25.2. The van der Waals surface area contributed by atoms with Crippen LogP contribution in [0.25, 0.3) is 0 Å². The highest BCUT2D eigenvalue weighted by atomic mass is 16.6. The molecular formula is C40H55N3O10. The van der Waals surface area contributed by atoms with E-state index in [4.69, 9.17) is 28.8 Å². The number of nitrogens with zero attached hydrogens (tertiary/aromatic N) is 1. The molecule has 1 aromatic carbocycles. The van der Waals surface area contributed by atoms with Gasteiger partial charge in [0.15, 0.2) is 0 Å². The molecule has 2 amide bonds. The van der Waals surface area contributed by atoms with Crippen molar-refractivity contribution in [1.29, 1.82) is 0 Å². The maximum atomic E-state index is 12.9. The lowest BCUT2D eigenvalue weighted by Gasteiger charge is -2.39. The van der Waals surface area contributed by atoms with Crippen molar-refractivity contribution in [3.05, 3.63) is 65.8 Å². The van der Waals surface area contributed by atoms with E-state index in [-0.39, 0.29) is 66.6 Å². The van der Waals surface area contributed by atoms with E-state index in [2.05, 4.69) is 28.8 Å². The summed E-state index contributed by atoms with van der Waals surface area (Å²) < 4.78 is 29.1. The summed E-state index contributed by atoms with van der Waals surface area (Å²) >= 11 is 0. The number of carbonyl (C=O) groups excluding carboxylic acids is 3. The summed E-state index contributed by atoms with van der Waals surface area (Å²) in [4.78, 5) is 47.1. The Morgan fingerprint density at radius 2 is 1.81 bits per heavy atom. The minimum Gasteiger partial charge on any atom is -0.494 e. The summed E-state index contributed by atoms with van der Waals surface area (Å²) in [7, 11) is 0. The molecule has 3 fully saturated rings. The Morgan fingerprint density at radius 3 is 2.49 bits per heavy atom. The van der Waals surface area contributed by atoms with E-state index in [0.29, 0.717) is 37.5 Å². The molecule has 0 radical (unpaired) electrons. The smallest absolute Gasteiger partial charge is 0.303 e. The number of ether oxygens (including phenoxy) is 5. The Balaban J connectivity index is 1.21. The number of esters is 1. The maximum Gasteiger partial charge on any atom is 0.303 e. The standard InChI is InChI=1S/C40H55N3O10/c1-25(10-17-36-26(2)20-35(29(5)52-36)41-37(45)18-11-27(3)51-30(6)44)9-14-33-22-40(24-50-40)23-34(53-33)21-38(46)43-42-28(4)31-12-15-32(16-13-31)49-19-7-8-39(47)48/h9-16,18,26-27,29,33-36H,7-8,17,19-24H2,1-6H3,(H,41,45)(H,43,46)(H,47,48)/t26-,27-,29+,33+,34+,35+,36-,40+/m0/s1. The van der Waals surface area contributed by atoms with Crippen LogP contribution in [0.3, 0.4) is 0 Å². The SMILES string of the molecule is CC(=O)O[C@@H](C)C=CC(=O)N[C@@H]1C[C@H](C)[C@H](CC=C(C)C=C[C@@H]2C[C@]3(CO3)C[C@@H](CC(=O)NN=C(C)c3ccc(OCCCC(=O)O)cc3)O2)O[C@@H]1C. The van der Waals surface area contributed by atoms with Gasteiger partial charge >= 0.3 is 11.9 Å². The number of allylic oxidation sites excluding steroid dienone is 2. The van der Waals surface area contributed by atoms with Crippen molar-refractivity contribution in [3.63, 3.8) is 0 Å². The number of hydrazone groups is 1. The molecule has 0 unspecified atom stereocenters. The van der Waals surface area contributed by atoms with E-state index in [1.165, 1.54) is 13.0 Å². The molecular weight excluding hydrogens is 682 g/mol. The molecule has 3 N–H and O–H groups in total. The molecule has 3 saturated heterocycles. The maximum absolute atomic E-state index is 12.9. The van der Waals surface area contributed by atoms with Gasteiger partial charge in [-0.05, 0) is 88.8 Å². The van der Waals surface area contributed by atoms with Crippen molar-refractivity contribution in [2.75, 3.05) is 13.2 Å². The number of aliphatic carboxylic acids is 1. The van der Waals surface area contributed by atoms with Crippen LogP contribution in [0.15, 0.2) is 65.3 Å². The van der Waals surface area contributed by atoms with Crippen molar-refractivity contribution in [2.24, 2.45) is 11.0 Å². The molecule has 0 bridgehead atoms. The van der Waals surface area contributed by atoms with Gasteiger partial charge in [-0.25, -0.2) is 5.43 Å². The number of carboxylic acids is 1. The van der Waals surface area contributed by atoms with Gasteiger partial charge in [-0.15, -0.1) is 0 Å². The minimum atomic E-state index is -0.849. The average Bonchev–Trinajstić information content (AvgIpc) is 3.84. The molecule has 3 heterocycles. The largest absolute Gasteiger partial charge is 0.494 e. The first-order valence-electron chi connectivity index (χ1n) is 18.4. The number of hydrogen-bond donors (Lipinski definition) is 3. The molecule has 4 rings (SSSR count). The molecule has 0 aromatic heterocycles. The van der Waals surface area contributed by atoms with Crippen LogP contribution >= 0.6 is 0 Å². The Labute approximate surface area is 312 Å². The third kappa shape index (κ3) is 14.2. The normalized spacial score (nSPS) is 28.1. The van der Waals surface area contributed by atoms with E-state index in [1.54, 1.807) is 32.1 Å². The summed E-state index contributed by atoms with van der Waals surface area (Å²) in [5.74, 6) is -0.874. The van der Waals surface area contributed by atoms with E-state index < -0.39 is 18.0 Å². The molecule has 13 nitrogen and oxygen atoms in total. The van der Waals surface area contributed by atoms with Crippen molar-refractivity contribution < 1.29 is 48.0 Å². The number of amides is 2. The number of carboxylic acid groups (broad SMARTS) is 1. The summed E-state index contributed by atoms with van der Waals surface area (Å²) in [6, 6.07) is 7.12. The topological polar surface area (TPSA) is 174 Å². The first-order valence-corrected chi connectivity index (χ1v) is 18.4. The number of rotatable bonds is 17. The van der Waals surface area contributed by atoms with Crippen LogP contribution in [0.2, 0.25) is 0 Å². The van der Waals surface area contributed by atoms with Crippen molar-refractivity contribution >= 4 is 29.5 Å². The Kier molecular flexibility index (Phi) is 15.4. The van der Waals surface area contributed by atoms with Gasteiger partial charge in [-0.2, -0.15) is 5.10 Å². The van der Waals surface area contributed by atoms with Crippen LogP contribution in [0.1, 0.15) is 92.1 Å². The number of hydrogen-bond acceptors (Lipinski definition) is 10. The molecule has 290 valence electrons. The molecule has 53 heavy (non-hydrogen) atoms. The first kappa shape index (κ1) is 41.4. The Hall–Kier alpha value is -4.33. The second-order valence-electron chi connectivity index (χ2n) is 14.4. The monoisotopic (exact) mass is 737 g/mol. The second-order valence-corrected chi connectivity index (χ2v) is 14.4. The fourth-order valence-corrected chi connectivity index (χ4v) is 6.55. The quantitative estimate of drug-likeness (QED) is 0.0368. The molecule has 3 aliphatic heterocycles. The van der Waals surface area contributed by atoms with Crippen LogP contribution < -0.4 is 15.5 Å². The third-order valence-corrected chi connectivity index (χ3v) is 9.59. The van der Waals surface area contributed by atoms with Crippen LogP contribution in [0.4, 0.5) is 0 Å².